The Morgan fingerprint density at radius 2 is 1.53 bits per heavy atom. The Morgan fingerprint density at radius 1 is 0.875 bits per heavy atom. The summed E-state index contributed by atoms with van der Waals surface area (Å²) in [5.41, 5.74) is 1.25. The van der Waals surface area contributed by atoms with Gasteiger partial charge >= 0.3 is 0 Å². The lowest BCUT2D eigenvalue weighted by atomic mass is 9.88. The summed E-state index contributed by atoms with van der Waals surface area (Å²) in [6, 6.07) is 9.03. The molecule has 0 spiro atoms. The SMILES string of the molecule is O=C(NC1CCCCC1)c1ccc(C(=O)N2CCC(C(=O)c3ccc(F)cc3)CC2)cn1. The van der Waals surface area contributed by atoms with Crippen LogP contribution >= 0.6 is 0 Å². The first kappa shape index (κ1) is 22.1. The van der Waals surface area contributed by atoms with Gasteiger partial charge in [0.1, 0.15) is 11.5 Å². The number of halogens is 1. The molecule has 32 heavy (non-hydrogen) atoms. The number of hydrogen-bond donors (Lipinski definition) is 1. The highest BCUT2D eigenvalue weighted by molar-refractivity contribution is 5.99. The second-order valence-electron chi connectivity index (χ2n) is 8.68. The number of pyridine rings is 1. The first-order valence-electron chi connectivity index (χ1n) is 11.4. The van der Waals surface area contributed by atoms with E-state index in [1.165, 1.54) is 36.9 Å². The third kappa shape index (κ3) is 5.21. The molecule has 2 fully saturated rings. The second-order valence-corrected chi connectivity index (χ2v) is 8.68. The summed E-state index contributed by atoms with van der Waals surface area (Å²) in [7, 11) is 0. The normalized spacial score (nSPS) is 17.7. The topological polar surface area (TPSA) is 79.4 Å². The molecule has 0 atom stereocenters. The van der Waals surface area contributed by atoms with Crippen LogP contribution in [0.25, 0.3) is 0 Å². The summed E-state index contributed by atoms with van der Waals surface area (Å²) in [6.45, 7) is 0.945. The van der Waals surface area contributed by atoms with Gasteiger partial charge in [-0.05, 0) is 62.1 Å². The Hall–Kier alpha value is -3.09. The molecule has 2 amide bonds. The van der Waals surface area contributed by atoms with Crippen molar-refractivity contribution in [2.24, 2.45) is 5.92 Å². The quantitative estimate of drug-likeness (QED) is 0.717. The van der Waals surface area contributed by atoms with Gasteiger partial charge in [-0.25, -0.2) is 4.39 Å². The zero-order valence-electron chi connectivity index (χ0n) is 18.1. The minimum Gasteiger partial charge on any atom is -0.348 e. The number of carbonyl (C=O) groups is 3. The van der Waals surface area contributed by atoms with Crippen LogP contribution in [0.3, 0.4) is 0 Å². The third-order valence-corrected chi connectivity index (χ3v) is 6.47. The molecule has 2 aliphatic rings. The number of carbonyl (C=O) groups excluding carboxylic acids is 3. The number of amides is 2. The minimum absolute atomic E-state index is 0.00732. The summed E-state index contributed by atoms with van der Waals surface area (Å²) in [4.78, 5) is 43.8. The van der Waals surface area contributed by atoms with Crippen LogP contribution in [0, 0.1) is 11.7 Å². The number of Topliss-reactive ketones (excluding diaryl/α,β-unsaturated/α-hetero) is 1. The molecular weight excluding hydrogens is 409 g/mol. The van der Waals surface area contributed by atoms with Crippen LogP contribution in [0.4, 0.5) is 4.39 Å². The fraction of sp³-hybridized carbons (Fsp3) is 0.440. The van der Waals surface area contributed by atoms with Crippen molar-refractivity contribution in [2.45, 2.75) is 51.0 Å². The molecular formula is C25H28FN3O3. The number of rotatable bonds is 5. The predicted octanol–water partition coefficient (Wildman–Crippen LogP) is 4.02. The average molecular weight is 438 g/mol. The van der Waals surface area contributed by atoms with E-state index in [1.54, 1.807) is 17.0 Å². The van der Waals surface area contributed by atoms with Gasteiger partial charge in [-0.1, -0.05) is 19.3 Å². The summed E-state index contributed by atoms with van der Waals surface area (Å²) in [6.07, 6.45) is 8.08. The van der Waals surface area contributed by atoms with Crippen molar-refractivity contribution >= 4 is 17.6 Å². The lowest BCUT2D eigenvalue weighted by molar-refractivity contribution is 0.0649. The number of piperidine rings is 1. The molecule has 1 saturated carbocycles. The van der Waals surface area contributed by atoms with Crippen molar-refractivity contribution in [1.29, 1.82) is 0 Å². The maximum Gasteiger partial charge on any atom is 0.270 e. The Balaban J connectivity index is 1.30. The van der Waals surface area contributed by atoms with Crippen molar-refractivity contribution in [3.63, 3.8) is 0 Å². The number of likely N-dealkylation sites (tertiary alicyclic amines) is 1. The molecule has 0 unspecified atom stereocenters. The van der Waals surface area contributed by atoms with Gasteiger partial charge < -0.3 is 10.2 Å². The first-order chi connectivity index (χ1) is 15.5. The number of aromatic nitrogens is 1. The lowest BCUT2D eigenvalue weighted by Gasteiger charge is -2.31. The second kappa shape index (κ2) is 10.0. The molecule has 0 bridgehead atoms. The van der Waals surface area contributed by atoms with E-state index in [9.17, 15) is 18.8 Å². The first-order valence-corrected chi connectivity index (χ1v) is 11.4. The van der Waals surface area contributed by atoms with Crippen LogP contribution in [0.2, 0.25) is 0 Å². The monoisotopic (exact) mass is 437 g/mol. The maximum absolute atomic E-state index is 13.1. The summed E-state index contributed by atoms with van der Waals surface area (Å²) >= 11 is 0. The van der Waals surface area contributed by atoms with Crippen LogP contribution in [0.5, 0.6) is 0 Å². The summed E-state index contributed by atoms with van der Waals surface area (Å²) in [5, 5.41) is 3.03. The fourth-order valence-electron chi connectivity index (χ4n) is 4.54. The Labute approximate surface area is 187 Å². The van der Waals surface area contributed by atoms with E-state index in [2.05, 4.69) is 10.3 Å². The highest BCUT2D eigenvalue weighted by atomic mass is 19.1. The molecule has 2 aromatic rings. The van der Waals surface area contributed by atoms with Gasteiger partial charge in [0, 0.05) is 36.8 Å². The molecule has 1 N–H and O–H groups in total. The van der Waals surface area contributed by atoms with Gasteiger partial charge in [0.2, 0.25) is 0 Å². The van der Waals surface area contributed by atoms with Gasteiger partial charge in [-0.3, -0.25) is 19.4 Å². The van der Waals surface area contributed by atoms with E-state index in [0.717, 1.165) is 25.7 Å². The van der Waals surface area contributed by atoms with Crippen molar-refractivity contribution < 1.29 is 18.8 Å². The average Bonchev–Trinajstić information content (AvgIpc) is 2.84. The molecule has 1 aromatic carbocycles. The van der Waals surface area contributed by atoms with E-state index in [0.29, 0.717) is 42.8 Å². The van der Waals surface area contributed by atoms with Gasteiger partial charge in [0.25, 0.3) is 11.8 Å². The van der Waals surface area contributed by atoms with Crippen LogP contribution in [0.15, 0.2) is 42.6 Å². The molecule has 1 aliphatic carbocycles. The number of nitrogens with one attached hydrogen (secondary N) is 1. The molecule has 168 valence electrons. The van der Waals surface area contributed by atoms with Gasteiger partial charge in [-0.2, -0.15) is 0 Å². The lowest BCUT2D eigenvalue weighted by Crippen LogP contribution is -2.40. The number of benzene rings is 1. The predicted molar refractivity (Wildman–Crippen MR) is 118 cm³/mol. The molecule has 1 saturated heterocycles. The van der Waals surface area contributed by atoms with Gasteiger partial charge in [0.15, 0.2) is 5.78 Å². The molecule has 0 radical (unpaired) electrons. The van der Waals surface area contributed by atoms with Crippen molar-refractivity contribution in [2.75, 3.05) is 13.1 Å². The van der Waals surface area contributed by atoms with E-state index in [4.69, 9.17) is 0 Å². The third-order valence-electron chi connectivity index (χ3n) is 6.47. The van der Waals surface area contributed by atoms with E-state index < -0.39 is 0 Å². The minimum atomic E-state index is -0.368. The van der Waals surface area contributed by atoms with E-state index in [1.807, 2.05) is 0 Å². The van der Waals surface area contributed by atoms with Crippen LogP contribution in [0.1, 0.15) is 76.2 Å². The molecule has 1 aliphatic heterocycles. The maximum atomic E-state index is 13.1. The van der Waals surface area contributed by atoms with Crippen molar-refractivity contribution in [1.82, 2.24) is 15.2 Å². The molecule has 7 heteroatoms. The largest absolute Gasteiger partial charge is 0.348 e. The smallest absolute Gasteiger partial charge is 0.270 e. The standard InChI is InChI=1S/C25H28FN3O3/c26-20-9-6-17(7-10-20)23(30)18-12-14-29(15-13-18)25(32)19-8-11-22(27-16-19)24(31)28-21-4-2-1-3-5-21/h6-11,16,18,21H,1-5,12-15H2,(H,28,31). The molecule has 4 rings (SSSR count). The van der Waals surface area contributed by atoms with Crippen molar-refractivity contribution in [3.05, 3.63) is 65.2 Å². The van der Waals surface area contributed by atoms with Crippen LogP contribution in [-0.4, -0.2) is 46.6 Å². The van der Waals surface area contributed by atoms with E-state index >= 15 is 0 Å². The number of hydrogen-bond acceptors (Lipinski definition) is 4. The number of nitrogens with zero attached hydrogens (tertiary/aromatic N) is 2. The van der Waals surface area contributed by atoms with Gasteiger partial charge in [-0.15, -0.1) is 0 Å². The van der Waals surface area contributed by atoms with E-state index in [-0.39, 0.29) is 35.4 Å². The van der Waals surface area contributed by atoms with Crippen LogP contribution in [-0.2, 0) is 0 Å². The molecule has 6 nitrogen and oxygen atoms in total. The van der Waals surface area contributed by atoms with Crippen molar-refractivity contribution in [3.8, 4) is 0 Å². The Morgan fingerprint density at radius 3 is 2.16 bits per heavy atom. The number of ketones is 1. The van der Waals surface area contributed by atoms with Gasteiger partial charge in [0.05, 0.1) is 5.56 Å². The Bertz CT molecular complexity index is 961. The van der Waals surface area contributed by atoms with Crippen LogP contribution < -0.4 is 5.32 Å². The highest BCUT2D eigenvalue weighted by Crippen LogP contribution is 2.23. The zero-order valence-corrected chi connectivity index (χ0v) is 18.1. The summed E-state index contributed by atoms with van der Waals surface area (Å²) < 4.78 is 13.1. The molecule has 1 aromatic heterocycles. The Kier molecular flexibility index (Phi) is 6.93. The molecule has 2 heterocycles. The highest BCUT2D eigenvalue weighted by Gasteiger charge is 2.28. The zero-order chi connectivity index (χ0) is 22.5. The fourth-order valence-corrected chi connectivity index (χ4v) is 4.54. The summed E-state index contributed by atoms with van der Waals surface area (Å²) in [5.74, 6) is -0.894.